The van der Waals surface area contributed by atoms with E-state index in [9.17, 15) is 10.2 Å². The lowest BCUT2D eigenvalue weighted by Gasteiger charge is -2.10. The molecule has 0 fully saturated rings. The monoisotopic (exact) mass is 253 g/mol. The van der Waals surface area contributed by atoms with Crippen molar-refractivity contribution >= 4 is 17.4 Å². The first kappa shape index (κ1) is 11.6. The van der Waals surface area contributed by atoms with Gasteiger partial charge in [-0.3, -0.25) is 4.68 Å². The van der Waals surface area contributed by atoms with Gasteiger partial charge in [0.1, 0.15) is 5.82 Å². The fraction of sp³-hybridized carbons (Fsp3) is 0.182. The van der Waals surface area contributed by atoms with Crippen molar-refractivity contribution in [1.29, 1.82) is 0 Å². The number of aromatic nitrogens is 2. The molecule has 17 heavy (non-hydrogen) atoms. The van der Waals surface area contributed by atoms with Crippen molar-refractivity contribution in [1.82, 2.24) is 9.78 Å². The highest BCUT2D eigenvalue weighted by atomic mass is 35.5. The molecule has 90 valence electrons. The van der Waals surface area contributed by atoms with E-state index in [2.05, 4.69) is 5.10 Å². The van der Waals surface area contributed by atoms with Crippen LogP contribution in [0.3, 0.4) is 0 Å². The fourth-order valence-electron chi connectivity index (χ4n) is 1.72. The zero-order valence-electron chi connectivity index (χ0n) is 9.40. The molecule has 1 aromatic heterocycles. The second-order valence-electron chi connectivity index (χ2n) is 3.82. The highest BCUT2D eigenvalue weighted by molar-refractivity contribution is 6.35. The van der Waals surface area contributed by atoms with E-state index in [4.69, 9.17) is 17.3 Å². The lowest BCUT2D eigenvalue weighted by molar-refractivity contribution is 0.404. The third-order valence-electron chi connectivity index (χ3n) is 2.67. The smallest absolute Gasteiger partial charge is 0.177 e. The van der Waals surface area contributed by atoms with E-state index in [1.54, 1.807) is 20.2 Å². The van der Waals surface area contributed by atoms with Crippen molar-refractivity contribution in [3.63, 3.8) is 0 Å². The van der Waals surface area contributed by atoms with Crippen LogP contribution in [0, 0.1) is 6.92 Å². The Morgan fingerprint density at radius 2 is 2.06 bits per heavy atom. The summed E-state index contributed by atoms with van der Waals surface area (Å²) in [5, 5.41) is 23.1. The van der Waals surface area contributed by atoms with Gasteiger partial charge in [-0.15, -0.1) is 0 Å². The summed E-state index contributed by atoms with van der Waals surface area (Å²) in [4.78, 5) is 0. The van der Waals surface area contributed by atoms with Crippen molar-refractivity contribution in [2.75, 3.05) is 5.73 Å². The van der Waals surface area contributed by atoms with Gasteiger partial charge in [-0.2, -0.15) is 5.10 Å². The first-order valence-corrected chi connectivity index (χ1v) is 5.30. The molecule has 0 aliphatic rings. The Morgan fingerprint density at radius 1 is 1.41 bits per heavy atom. The third-order valence-corrected chi connectivity index (χ3v) is 3.04. The molecule has 1 aromatic carbocycles. The number of halogens is 1. The van der Waals surface area contributed by atoms with Gasteiger partial charge in [-0.05, 0) is 18.6 Å². The highest BCUT2D eigenvalue weighted by Crippen LogP contribution is 2.44. The van der Waals surface area contributed by atoms with Crippen LogP contribution in [0.4, 0.5) is 5.82 Å². The number of rotatable bonds is 1. The fourth-order valence-corrected chi connectivity index (χ4v) is 2.07. The molecule has 0 spiro atoms. The molecule has 0 bridgehead atoms. The molecule has 5 nitrogen and oxygen atoms in total. The minimum Gasteiger partial charge on any atom is -0.504 e. The van der Waals surface area contributed by atoms with E-state index in [0.717, 1.165) is 0 Å². The maximum atomic E-state index is 9.62. The summed E-state index contributed by atoms with van der Waals surface area (Å²) < 4.78 is 1.51. The number of aromatic hydroxyl groups is 2. The average molecular weight is 254 g/mol. The molecule has 0 amide bonds. The number of hydrogen-bond acceptors (Lipinski definition) is 4. The number of hydrogen-bond donors (Lipinski definition) is 3. The quantitative estimate of drug-likeness (QED) is 0.679. The summed E-state index contributed by atoms with van der Waals surface area (Å²) in [5.41, 5.74) is 7.78. The van der Waals surface area contributed by atoms with E-state index in [0.29, 0.717) is 22.5 Å². The topological polar surface area (TPSA) is 84.3 Å². The molecule has 0 unspecified atom stereocenters. The molecule has 0 aliphatic heterocycles. The van der Waals surface area contributed by atoms with Crippen LogP contribution in [-0.2, 0) is 7.05 Å². The van der Waals surface area contributed by atoms with Gasteiger partial charge in [0.25, 0.3) is 0 Å². The van der Waals surface area contributed by atoms with Gasteiger partial charge in [-0.1, -0.05) is 11.6 Å². The number of phenolic OH excluding ortho intramolecular Hbond substituents is 2. The Morgan fingerprint density at radius 3 is 2.59 bits per heavy atom. The van der Waals surface area contributed by atoms with E-state index < -0.39 is 0 Å². The molecule has 0 saturated carbocycles. The molecule has 2 rings (SSSR count). The van der Waals surface area contributed by atoms with Crippen molar-refractivity contribution in [3.8, 4) is 22.6 Å². The molecule has 0 atom stereocenters. The van der Waals surface area contributed by atoms with Gasteiger partial charge in [0.05, 0.1) is 11.2 Å². The number of benzene rings is 1. The Kier molecular flexibility index (Phi) is 2.63. The van der Waals surface area contributed by atoms with Gasteiger partial charge >= 0.3 is 0 Å². The normalized spacial score (nSPS) is 10.8. The SMILES string of the molecule is Cc1cc(O)c(O)c(Cl)c1-c1cnn(C)c1N. The van der Waals surface area contributed by atoms with Crippen LogP contribution in [0.5, 0.6) is 11.5 Å². The minimum absolute atomic E-state index is 0.0715. The Hall–Kier alpha value is -1.88. The number of anilines is 1. The molecule has 1 heterocycles. The molecular formula is C11H12ClN3O2. The zero-order chi connectivity index (χ0) is 12.7. The molecule has 0 saturated heterocycles. The summed E-state index contributed by atoms with van der Waals surface area (Å²) in [6.45, 7) is 1.77. The molecule has 6 heteroatoms. The first-order chi connectivity index (χ1) is 7.93. The molecule has 0 aliphatic carbocycles. The van der Waals surface area contributed by atoms with Crippen LogP contribution in [0.1, 0.15) is 5.56 Å². The maximum Gasteiger partial charge on any atom is 0.177 e. The van der Waals surface area contributed by atoms with Gasteiger partial charge in [0.15, 0.2) is 11.5 Å². The number of phenols is 2. The third kappa shape index (κ3) is 1.68. The van der Waals surface area contributed by atoms with Gasteiger partial charge < -0.3 is 15.9 Å². The zero-order valence-corrected chi connectivity index (χ0v) is 10.2. The van der Waals surface area contributed by atoms with E-state index >= 15 is 0 Å². The number of nitrogens with two attached hydrogens (primary N) is 1. The Labute approximate surface area is 103 Å². The van der Waals surface area contributed by atoms with Crippen molar-refractivity contribution in [3.05, 3.63) is 22.8 Å². The number of aryl methyl sites for hydroxylation is 2. The predicted octanol–water partition coefficient (Wildman–Crippen LogP) is 2.04. The van der Waals surface area contributed by atoms with Crippen LogP contribution in [0.2, 0.25) is 5.02 Å². The number of nitrogens with zero attached hydrogens (tertiary/aromatic N) is 2. The average Bonchev–Trinajstić information content (AvgIpc) is 2.58. The van der Waals surface area contributed by atoms with E-state index in [1.807, 2.05) is 0 Å². The van der Waals surface area contributed by atoms with Crippen LogP contribution in [0.15, 0.2) is 12.3 Å². The van der Waals surface area contributed by atoms with Gasteiger partial charge in [0.2, 0.25) is 0 Å². The summed E-state index contributed by atoms with van der Waals surface area (Å²) >= 11 is 6.02. The van der Waals surface area contributed by atoms with E-state index in [1.165, 1.54) is 10.7 Å². The van der Waals surface area contributed by atoms with Crippen molar-refractivity contribution in [2.45, 2.75) is 6.92 Å². The first-order valence-electron chi connectivity index (χ1n) is 4.92. The Bertz CT molecular complexity index is 593. The van der Waals surface area contributed by atoms with Crippen LogP contribution in [-0.4, -0.2) is 20.0 Å². The summed E-state index contributed by atoms with van der Waals surface area (Å²) in [7, 11) is 1.71. The summed E-state index contributed by atoms with van der Waals surface area (Å²) in [6.07, 6.45) is 1.57. The van der Waals surface area contributed by atoms with Gasteiger partial charge in [-0.25, -0.2) is 0 Å². The number of nitrogen functional groups attached to an aromatic ring is 1. The van der Waals surface area contributed by atoms with E-state index in [-0.39, 0.29) is 16.5 Å². The lowest BCUT2D eigenvalue weighted by atomic mass is 10.0. The molecule has 0 radical (unpaired) electrons. The largest absolute Gasteiger partial charge is 0.504 e. The van der Waals surface area contributed by atoms with Crippen LogP contribution in [0.25, 0.3) is 11.1 Å². The summed E-state index contributed by atoms with van der Waals surface area (Å²) in [5.74, 6) is -0.158. The summed E-state index contributed by atoms with van der Waals surface area (Å²) in [6, 6.07) is 1.43. The van der Waals surface area contributed by atoms with Crippen LogP contribution < -0.4 is 5.73 Å². The van der Waals surface area contributed by atoms with Crippen LogP contribution >= 0.6 is 11.6 Å². The Balaban J connectivity index is 2.76. The molecule has 2 aromatic rings. The predicted molar refractivity (Wildman–Crippen MR) is 66.1 cm³/mol. The second kappa shape index (κ2) is 3.85. The highest BCUT2D eigenvalue weighted by Gasteiger charge is 2.18. The van der Waals surface area contributed by atoms with Crippen molar-refractivity contribution < 1.29 is 10.2 Å². The second-order valence-corrected chi connectivity index (χ2v) is 4.20. The molecular weight excluding hydrogens is 242 g/mol. The lowest BCUT2D eigenvalue weighted by Crippen LogP contribution is -1.98. The maximum absolute atomic E-state index is 9.62. The molecule has 4 N–H and O–H groups in total. The van der Waals surface area contributed by atoms with Crippen molar-refractivity contribution in [2.24, 2.45) is 7.05 Å². The standard InChI is InChI=1S/C11H12ClN3O2/c1-5-3-7(16)10(17)9(12)8(5)6-4-14-15(2)11(6)13/h3-4,16-17H,13H2,1-2H3. The van der Waals surface area contributed by atoms with Gasteiger partial charge in [0, 0.05) is 18.2 Å². The minimum atomic E-state index is -0.351.